The molecular weight excluding hydrogens is 594 g/mol. The fraction of sp³-hybridized carbons (Fsp3) is 0.381. The smallest absolute Gasteiger partial charge is 0.258 e. The van der Waals surface area contributed by atoms with Crippen LogP contribution in [-0.2, 0) is 6.54 Å². The average molecular weight is 616 g/mol. The molecule has 0 bridgehead atoms. The third-order valence-corrected chi connectivity index (χ3v) is 7.79. The predicted molar refractivity (Wildman–Crippen MR) is 130 cm³/mol. The van der Waals surface area contributed by atoms with Gasteiger partial charge in [-0.05, 0) is 73.9 Å². The monoisotopic (exact) mass is 616 g/mol. The topological polar surface area (TPSA) is 62.5 Å². The van der Waals surface area contributed by atoms with Gasteiger partial charge in [0, 0.05) is 22.2 Å². The van der Waals surface area contributed by atoms with Gasteiger partial charge in [-0.3, -0.25) is 7.91 Å². The molecule has 4 rings (SSSR count). The van der Waals surface area contributed by atoms with Crippen LogP contribution in [0.2, 0.25) is 0 Å². The van der Waals surface area contributed by atoms with E-state index in [4.69, 9.17) is 4.42 Å². The van der Waals surface area contributed by atoms with E-state index in [1.54, 1.807) is 0 Å². The van der Waals surface area contributed by atoms with E-state index < -0.39 is 0 Å². The molecule has 0 spiro atoms. The van der Waals surface area contributed by atoms with Crippen molar-refractivity contribution in [3.63, 3.8) is 0 Å². The Bertz CT molecular complexity index is 1060. The van der Waals surface area contributed by atoms with Crippen LogP contribution in [0.15, 0.2) is 35.0 Å². The number of amides is 1. The molecule has 0 radical (unpaired) electrons. The van der Waals surface area contributed by atoms with Crippen molar-refractivity contribution < 1.29 is 9.21 Å². The molecule has 1 fully saturated rings. The maximum atomic E-state index is 13.6. The van der Waals surface area contributed by atoms with Gasteiger partial charge in [-0.2, -0.15) is 0 Å². The molecule has 1 amide bonds. The number of furan rings is 1. The molecule has 6 nitrogen and oxygen atoms in total. The average Bonchev–Trinajstić information content (AvgIpc) is 3.37. The molecule has 3 aromatic rings. The molecule has 2 heterocycles. The van der Waals surface area contributed by atoms with Crippen molar-refractivity contribution in [3.8, 4) is 0 Å². The van der Waals surface area contributed by atoms with Gasteiger partial charge in [0.2, 0.25) is 5.71 Å². The van der Waals surface area contributed by atoms with Crippen LogP contribution in [-0.4, -0.2) is 32.9 Å². The quantitative estimate of drug-likeness (QED) is 0.270. The highest BCUT2D eigenvalue weighted by molar-refractivity contribution is 14.1. The Morgan fingerprint density at radius 1 is 1.24 bits per heavy atom. The van der Waals surface area contributed by atoms with Crippen LogP contribution in [0.5, 0.6) is 0 Å². The van der Waals surface area contributed by atoms with Crippen LogP contribution in [0.25, 0.3) is 11.1 Å². The second-order valence-corrected chi connectivity index (χ2v) is 9.84. The predicted octanol–water partition coefficient (Wildman–Crippen LogP) is 5.51. The lowest BCUT2D eigenvalue weighted by molar-refractivity contribution is 0.0752. The standard InChI is InChI=1S/C21H22I2N4O2/c1-4-26(11-14-5-7-15(22)8-6-14)20(28)16-13(2)29-19-17(16)18(24-12-25-19)27(23)21(3)9-10-21/h5-8,12H,4,9-11H2,1-3H3. The maximum absolute atomic E-state index is 13.6. The molecule has 1 saturated carbocycles. The van der Waals surface area contributed by atoms with Crippen LogP contribution in [0.1, 0.15) is 48.4 Å². The SMILES string of the molecule is CCN(Cc1ccc(I)cc1)C(=O)c1c(C)oc2ncnc(N(I)C3(C)CC3)c12. The summed E-state index contributed by atoms with van der Waals surface area (Å²) in [5.41, 5.74) is 2.20. The van der Waals surface area contributed by atoms with Gasteiger partial charge < -0.3 is 9.32 Å². The summed E-state index contributed by atoms with van der Waals surface area (Å²) in [7, 11) is 0. The Morgan fingerprint density at radius 2 is 1.93 bits per heavy atom. The van der Waals surface area contributed by atoms with Crippen LogP contribution in [0, 0.1) is 10.5 Å². The minimum absolute atomic E-state index is 0.0518. The molecule has 1 aromatic carbocycles. The second kappa shape index (κ2) is 8.01. The highest BCUT2D eigenvalue weighted by Gasteiger charge is 2.44. The number of carbonyl (C=O) groups excluding carboxylic acids is 1. The van der Waals surface area contributed by atoms with Crippen molar-refractivity contribution in [2.24, 2.45) is 0 Å². The first kappa shape index (κ1) is 20.8. The molecule has 2 aromatic heterocycles. The third-order valence-electron chi connectivity index (χ3n) is 5.45. The van der Waals surface area contributed by atoms with E-state index in [9.17, 15) is 4.79 Å². The maximum Gasteiger partial charge on any atom is 0.258 e. The number of benzene rings is 1. The highest BCUT2D eigenvalue weighted by Crippen LogP contribution is 2.47. The zero-order chi connectivity index (χ0) is 20.8. The van der Waals surface area contributed by atoms with E-state index in [1.165, 1.54) is 9.90 Å². The Kier molecular flexibility index (Phi) is 5.75. The summed E-state index contributed by atoms with van der Waals surface area (Å²) in [6.45, 7) is 7.18. The van der Waals surface area contributed by atoms with Crippen LogP contribution < -0.4 is 3.11 Å². The summed E-state index contributed by atoms with van der Waals surface area (Å²) >= 11 is 4.58. The summed E-state index contributed by atoms with van der Waals surface area (Å²) < 4.78 is 9.19. The molecule has 0 unspecified atom stereocenters. The number of aryl methyl sites for hydroxylation is 1. The lowest BCUT2D eigenvalue weighted by Crippen LogP contribution is -2.31. The van der Waals surface area contributed by atoms with Gasteiger partial charge in [-0.1, -0.05) is 12.1 Å². The summed E-state index contributed by atoms with van der Waals surface area (Å²) in [5.74, 6) is 1.28. The molecule has 8 heteroatoms. The summed E-state index contributed by atoms with van der Waals surface area (Å²) in [6, 6.07) is 8.24. The van der Waals surface area contributed by atoms with Crippen molar-refractivity contribution in [2.45, 2.75) is 45.7 Å². The van der Waals surface area contributed by atoms with Crippen molar-refractivity contribution in [2.75, 3.05) is 9.66 Å². The summed E-state index contributed by atoms with van der Waals surface area (Å²) in [4.78, 5) is 24.2. The first-order valence-corrected chi connectivity index (χ1v) is 11.6. The Labute approximate surface area is 197 Å². The number of fused-ring (bicyclic) bond motifs is 1. The van der Waals surface area contributed by atoms with E-state index in [-0.39, 0.29) is 11.4 Å². The first-order chi connectivity index (χ1) is 13.8. The van der Waals surface area contributed by atoms with Crippen LogP contribution in [0.3, 0.4) is 0 Å². The number of rotatable bonds is 6. The van der Waals surface area contributed by atoms with E-state index in [1.807, 2.05) is 18.7 Å². The molecule has 29 heavy (non-hydrogen) atoms. The number of anilines is 1. The van der Waals surface area contributed by atoms with Crippen molar-refractivity contribution >= 4 is 68.3 Å². The molecule has 0 saturated heterocycles. The van der Waals surface area contributed by atoms with Gasteiger partial charge in [0.05, 0.1) is 33.8 Å². The van der Waals surface area contributed by atoms with E-state index in [0.29, 0.717) is 35.5 Å². The van der Waals surface area contributed by atoms with Gasteiger partial charge in [-0.25, -0.2) is 9.97 Å². The lowest BCUT2D eigenvalue weighted by Gasteiger charge is -2.24. The van der Waals surface area contributed by atoms with Crippen LogP contribution >= 0.6 is 45.5 Å². The lowest BCUT2D eigenvalue weighted by atomic mass is 10.1. The molecule has 1 aliphatic carbocycles. The van der Waals surface area contributed by atoms with Gasteiger partial charge in [-0.15, -0.1) is 0 Å². The molecule has 0 aliphatic heterocycles. The minimum Gasteiger partial charge on any atom is -0.442 e. The zero-order valence-corrected chi connectivity index (χ0v) is 20.9. The van der Waals surface area contributed by atoms with Crippen molar-refractivity contribution in [3.05, 3.63) is 51.1 Å². The molecule has 0 atom stereocenters. The fourth-order valence-electron chi connectivity index (χ4n) is 3.36. The van der Waals surface area contributed by atoms with Gasteiger partial charge in [0.25, 0.3) is 5.91 Å². The zero-order valence-electron chi connectivity index (χ0n) is 16.6. The minimum atomic E-state index is -0.0518. The Balaban J connectivity index is 1.74. The van der Waals surface area contributed by atoms with Gasteiger partial charge >= 0.3 is 0 Å². The number of nitrogens with zero attached hydrogens (tertiary/aromatic N) is 4. The molecular formula is C21H22I2N4O2. The number of hydrogen-bond acceptors (Lipinski definition) is 5. The van der Waals surface area contributed by atoms with E-state index in [0.717, 1.165) is 24.2 Å². The van der Waals surface area contributed by atoms with Gasteiger partial charge in [0.15, 0.2) is 5.82 Å². The molecule has 0 N–H and O–H groups in total. The number of aromatic nitrogens is 2. The highest BCUT2D eigenvalue weighted by atomic mass is 127. The second-order valence-electron chi connectivity index (χ2n) is 7.63. The largest absolute Gasteiger partial charge is 0.442 e. The molecule has 152 valence electrons. The third kappa shape index (κ3) is 3.97. The van der Waals surface area contributed by atoms with Crippen molar-refractivity contribution in [1.29, 1.82) is 0 Å². The normalized spacial score (nSPS) is 14.8. The number of carbonyl (C=O) groups is 1. The van der Waals surface area contributed by atoms with Crippen LogP contribution in [0.4, 0.5) is 5.82 Å². The van der Waals surface area contributed by atoms with Gasteiger partial charge in [0.1, 0.15) is 12.1 Å². The Morgan fingerprint density at radius 3 is 2.55 bits per heavy atom. The Hall–Kier alpha value is -1.43. The fourth-order valence-corrected chi connectivity index (χ4v) is 4.57. The number of hydrogen-bond donors (Lipinski definition) is 0. The molecule has 1 aliphatic rings. The van der Waals surface area contributed by atoms with E-state index in [2.05, 4.69) is 89.7 Å². The van der Waals surface area contributed by atoms with E-state index >= 15 is 0 Å². The first-order valence-electron chi connectivity index (χ1n) is 9.58. The summed E-state index contributed by atoms with van der Waals surface area (Å²) in [6.07, 6.45) is 3.72. The summed E-state index contributed by atoms with van der Waals surface area (Å²) in [5, 5.41) is 0.707. The van der Waals surface area contributed by atoms with Crippen molar-refractivity contribution in [1.82, 2.24) is 14.9 Å². The number of halogens is 2.